The first kappa shape index (κ1) is 13.5. The van der Waals surface area contributed by atoms with Gasteiger partial charge in [-0.1, -0.05) is 12.1 Å². The van der Waals surface area contributed by atoms with E-state index >= 15 is 0 Å². The molecule has 8 heteroatoms. The van der Waals surface area contributed by atoms with Crippen LogP contribution in [0.3, 0.4) is 0 Å². The fourth-order valence-corrected chi connectivity index (χ4v) is 1.86. The molecule has 0 unspecified atom stereocenters. The third-order valence-corrected chi connectivity index (χ3v) is 3.02. The van der Waals surface area contributed by atoms with Crippen LogP contribution in [0.25, 0.3) is 0 Å². The first-order chi connectivity index (χ1) is 9.11. The lowest BCUT2D eigenvalue weighted by Crippen LogP contribution is -2.53. The van der Waals surface area contributed by atoms with Gasteiger partial charge in [-0.3, -0.25) is 4.79 Å². The van der Waals surface area contributed by atoms with Crippen LogP contribution in [0, 0.1) is 0 Å². The zero-order chi connectivity index (χ0) is 13.8. The Labute approximate surface area is 110 Å². The number of likely N-dealkylation sites (tertiary alicyclic amines) is 1. The van der Waals surface area contributed by atoms with Crippen LogP contribution in [0.5, 0.6) is 0 Å². The summed E-state index contributed by atoms with van der Waals surface area (Å²) in [5, 5.41) is 19.1. The fourth-order valence-electron chi connectivity index (χ4n) is 1.86. The molecule has 19 heavy (non-hydrogen) atoms. The molecule has 1 fully saturated rings. The molecule has 8 nitrogen and oxygen atoms in total. The molecule has 0 aromatic carbocycles. The van der Waals surface area contributed by atoms with Crippen LogP contribution in [0.2, 0.25) is 0 Å². The number of nitrogens with zero attached hydrogens (tertiary/aromatic N) is 4. The number of carboxylic acid groups (broad SMARTS) is 1. The van der Waals surface area contributed by atoms with Crippen LogP contribution in [0.4, 0.5) is 0 Å². The normalized spacial score (nSPS) is 15.3. The van der Waals surface area contributed by atoms with E-state index in [1.165, 1.54) is 10.9 Å². The van der Waals surface area contributed by atoms with Crippen molar-refractivity contribution >= 4 is 11.9 Å². The van der Waals surface area contributed by atoms with Gasteiger partial charge in [-0.2, -0.15) is 0 Å². The van der Waals surface area contributed by atoms with Crippen molar-refractivity contribution in [2.45, 2.75) is 19.4 Å². The minimum absolute atomic E-state index is 0.0238. The molecule has 1 aromatic heterocycles. The molecule has 0 radical (unpaired) electrons. The molecule has 104 valence electrons. The summed E-state index contributed by atoms with van der Waals surface area (Å²) in [4.78, 5) is 24.1. The summed E-state index contributed by atoms with van der Waals surface area (Å²) < 4.78 is 1.51. The zero-order valence-corrected chi connectivity index (χ0v) is 10.7. The Morgan fingerprint density at radius 1 is 1.53 bits per heavy atom. The standard InChI is InChI=1S/C11H17N5O3/c1-2-3-12-4-10(17)15-5-8(6-15)16-7-9(11(18)19)13-14-16/h7-8,12H,2-6H2,1H3,(H,18,19). The number of hydrogen-bond donors (Lipinski definition) is 2. The molecule has 1 aliphatic heterocycles. The highest BCUT2D eigenvalue weighted by Gasteiger charge is 2.32. The fraction of sp³-hybridized carbons (Fsp3) is 0.636. The average Bonchev–Trinajstić information content (AvgIpc) is 2.77. The summed E-state index contributed by atoms with van der Waals surface area (Å²) in [5.74, 6) is -1.04. The van der Waals surface area contributed by atoms with Gasteiger partial charge in [0.1, 0.15) is 0 Å². The van der Waals surface area contributed by atoms with Crippen molar-refractivity contribution in [3.63, 3.8) is 0 Å². The minimum Gasteiger partial charge on any atom is -0.476 e. The van der Waals surface area contributed by atoms with Crippen LogP contribution in [0.1, 0.15) is 29.9 Å². The predicted octanol–water partition coefficient (Wildman–Crippen LogP) is -0.641. The van der Waals surface area contributed by atoms with Gasteiger partial charge in [0.05, 0.1) is 18.8 Å². The number of carbonyl (C=O) groups is 2. The van der Waals surface area contributed by atoms with Gasteiger partial charge >= 0.3 is 5.97 Å². The highest BCUT2D eigenvalue weighted by molar-refractivity contribution is 5.84. The summed E-state index contributed by atoms with van der Waals surface area (Å²) in [5.41, 5.74) is -0.0746. The van der Waals surface area contributed by atoms with Crippen molar-refractivity contribution in [1.29, 1.82) is 0 Å². The Hall–Kier alpha value is -1.96. The molecule has 1 amide bonds. The number of amides is 1. The Bertz CT molecular complexity index is 467. The monoisotopic (exact) mass is 267 g/mol. The summed E-state index contributed by atoms with van der Waals surface area (Å²) in [6.45, 7) is 4.32. The van der Waals surface area contributed by atoms with E-state index in [2.05, 4.69) is 15.6 Å². The molecule has 2 N–H and O–H groups in total. The van der Waals surface area contributed by atoms with Gasteiger partial charge in [-0.15, -0.1) is 5.10 Å². The summed E-state index contributed by atoms with van der Waals surface area (Å²) in [6.07, 6.45) is 2.39. The van der Waals surface area contributed by atoms with E-state index in [1.54, 1.807) is 4.90 Å². The molecule has 0 atom stereocenters. The van der Waals surface area contributed by atoms with E-state index < -0.39 is 5.97 Å². The third-order valence-electron chi connectivity index (χ3n) is 3.02. The van der Waals surface area contributed by atoms with E-state index in [0.717, 1.165) is 13.0 Å². The molecule has 0 spiro atoms. The Balaban J connectivity index is 1.78. The quantitative estimate of drug-likeness (QED) is 0.665. The largest absolute Gasteiger partial charge is 0.476 e. The van der Waals surface area contributed by atoms with Crippen molar-refractivity contribution < 1.29 is 14.7 Å². The Morgan fingerprint density at radius 2 is 2.26 bits per heavy atom. The predicted molar refractivity (Wildman–Crippen MR) is 65.8 cm³/mol. The van der Waals surface area contributed by atoms with Gasteiger partial charge in [-0.25, -0.2) is 9.48 Å². The molecule has 0 saturated carbocycles. The summed E-state index contributed by atoms with van der Waals surface area (Å²) in [7, 11) is 0. The number of nitrogens with one attached hydrogen (secondary N) is 1. The van der Waals surface area contributed by atoms with Crippen LogP contribution < -0.4 is 5.32 Å². The van der Waals surface area contributed by atoms with Gasteiger partial charge in [0.2, 0.25) is 5.91 Å². The van der Waals surface area contributed by atoms with E-state index in [1.807, 2.05) is 6.92 Å². The van der Waals surface area contributed by atoms with Crippen molar-refractivity contribution in [3.8, 4) is 0 Å². The maximum atomic E-state index is 11.7. The minimum atomic E-state index is -1.10. The third kappa shape index (κ3) is 3.08. The molecule has 1 saturated heterocycles. The SMILES string of the molecule is CCCNCC(=O)N1CC(n2cc(C(=O)O)nn2)C1. The average molecular weight is 267 g/mol. The first-order valence-electron chi connectivity index (χ1n) is 6.25. The molecule has 2 rings (SSSR count). The van der Waals surface area contributed by atoms with Crippen molar-refractivity contribution in [1.82, 2.24) is 25.2 Å². The van der Waals surface area contributed by atoms with Crippen molar-refractivity contribution in [3.05, 3.63) is 11.9 Å². The highest BCUT2D eigenvalue weighted by Crippen LogP contribution is 2.20. The van der Waals surface area contributed by atoms with Gasteiger partial charge < -0.3 is 15.3 Å². The number of rotatable bonds is 6. The van der Waals surface area contributed by atoms with Crippen molar-refractivity contribution in [2.75, 3.05) is 26.2 Å². The number of aromatic carboxylic acids is 1. The first-order valence-corrected chi connectivity index (χ1v) is 6.25. The number of carbonyl (C=O) groups excluding carboxylic acids is 1. The van der Waals surface area contributed by atoms with Crippen LogP contribution in [-0.2, 0) is 4.79 Å². The Morgan fingerprint density at radius 3 is 2.84 bits per heavy atom. The lowest BCUT2D eigenvalue weighted by molar-refractivity contribution is -0.136. The van der Waals surface area contributed by atoms with Gasteiger partial charge in [0, 0.05) is 13.1 Å². The number of aromatic nitrogens is 3. The molecule has 0 bridgehead atoms. The lowest BCUT2D eigenvalue weighted by atomic mass is 10.1. The maximum Gasteiger partial charge on any atom is 0.358 e. The lowest BCUT2D eigenvalue weighted by Gasteiger charge is -2.38. The molecular formula is C11H17N5O3. The Kier molecular flexibility index (Phi) is 4.10. The second kappa shape index (κ2) is 5.79. The van der Waals surface area contributed by atoms with E-state index in [0.29, 0.717) is 19.6 Å². The summed E-state index contributed by atoms with van der Waals surface area (Å²) >= 11 is 0. The van der Waals surface area contributed by atoms with Crippen LogP contribution in [0.15, 0.2) is 6.20 Å². The van der Waals surface area contributed by atoms with Gasteiger partial charge in [0.15, 0.2) is 5.69 Å². The van der Waals surface area contributed by atoms with Crippen LogP contribution >= 0.6 is 0 Å². The molecule has 2 heterocycles. The van der Waals surface area contributed by atoms with E-state index in [-0.39, 0.29) is 17.6 Å². The smallest absolute Gasteiger partial charge is 0.358 e. The second-order valence-corrected chi connectivity index (χ2v) is 4.52. The maximum absolute atomic E-state index is 11.7. The van der Waals surface area contributed by atoms with Gasteiger partial charge in [-0.05, 0) is 13.0 Å². The highest BCUT2D eigenvalue weighted by atomic mass is 16.4. The van der Waals surface area contributed by atoms with E-state index in [9.17, 15) is 9.59 Å². The van der Waals surface area contributed by atoms with Crippen LogP contribution in [-0.4, -0.2) is 63.1 Å². The molecule has 0 aliphatic carbocycles. The van der Waals surface area contributed by atoms with Crippen molar-refractivity contribution in [2.24, 2.45) is 0 Å². The topological polar surface area (TPSA) is 100 Å². The molecule has 1 aliphatic rings. The zero-order valence-electron chi connectivity index (χ0n) is 10.7. The second-order valence-electron chi connectivity index (χ2n) is 4.52. The molecule has 1 aromatic rings. The summed E-state index contributed by atoms with van der Waals surface area (Å²) in [6, 6.07) is 0.0238. The van der Waals surface area contributed by atoms with E-state index in [4.69, 9.17) is 5.11 Å². The molecular weight excluding hydrogens is 250 g/mol. The van der Waals surface area contributed by atoms with Gasteiger partial charge in [0.25, 0.3) is 0 Å². The number of carboxylic acids is 1. The number of hydrogen-bond acceptors (Lipinski definition) is 5.